The Hall–Kier alpha value is -1.30. The molecule has 0 fully saturated rings. The standard InChI is InChI=1S/C8H10N2O/c1-5-6(4-9)7(10)11-8(5,2)3/h10H,1-3H3. The van der Waals surface area contributed by atoms with Crippen LogP contribution in [0.4, 0.5) is 0 Å². The lowest BCUT2D eigenvalue weighted by Crippen LogP contribution is -2.21. The average Bonchev–Trinajstić information content (AvgIpc) is 2.04. The molecule has 0 aromatic heterocycles. The SMILES string of the molecule is CC1=C(C#N)C(=N)OC1(C)C. The van der Waals surface area contributed by atoms with E-state index >= 15 is 0 Å². The zero-order valence-electron chi connectivity index (χ0n) is 6.86. The smallest absolute Gasteiger partial charge is 0.225 e. The molecule has 3 heteroatoms. The van der Waals surface area contributed by atoms with Gasteiger partial charge in [0.25, 0.3) is 0 Å². The van der Waals surface area contributed by atoms with Crippen LogP contribution in [0.1, 0.15) is 20.8 Å². The average molecular weight is 150 g/mol. The highest BCUT2D eigenvalue weighted by atomic mass is 16.5. The highest BCUT2D eigenvalue weighted by molar-refractivity contribution is 5.98. The molecule has 0 radical (unpaired) electrons. The minimum atomic E-state index is -0.470. The minimum Gasteiger partial charge on any atom is -0.467 e. The molecular weight excluding hydrogens is 140 g/mol. The van der Waals surface area contributed by atoms with Gasteiger partial charge < -0.3 is 4.74 Å². The second kappa shape index (κ2) is 2.09. The number of ether oxygens (including phenoxy) is 1. The van der Waals surface area contributed by atoms with Crippen LogP contribution in [0.3, 0.4) is 0 Å². The van der Waals surface area contributed by atoms with Crippen molar-refractivity contribution in [1.29, 1.82) is 10.7 Å². The molecule has 0 spiro atoms. The van der Waals surface area contributed by atoms with Gasteiger partial charge in [-0.15, -0.1) is 0 Å². The summed E-state index contributed by atoms with van der Waals surface area (Å²) in [5.41, 5.74) is 0.738. The Morgan fingerprint density at radius 2 is 2.09 bits per heavy atom. The zero-order valence-corrected chi connectivity index (χ0v) is 6.86. The normalized spacial score (nSPS) is 21.5. The fourth-order valence-electron chi connectivity index (χ4n) is 0.989. The Bertz CT molecular complexity index is 281. The molecule has 0 aromatic carbocycles. The van der Waals surface area contributed by atoms with Crippen molar-refractivity contribution >= 4 is 5.90 Å². The van der Waals surface area contributed by atoms with Crippen LogP contribution in [-0.4, -0.2) is 11.5 Å². The van der Waals surface area contributed by atoms with Gasteiger partial charge in [0, 0.05) is 0 Å². The molecule has 0 atom stereocenters. The van der Waals surface area contributed by atoms with E-state index in [1.165, 1.54) is 0 Å². The first-order chi connectivity index (χ1) is 4.99. The van der Waals surface area contributed by atoms with E-state index in [4.69, 9.17) is 15.4 Å². The van der Waals surface area contributed by atoms with Crippen LogP contribution in [0.15, 0.2) is 11.1 Å². The Balaban J connectivity index is 3.18. The van der Waals surface area contributed by atoms with Crippen molar-refractivity contribution in [1.82, 2.24) is 0 Å². The van der Waals surface area contributed by atoms with Gasteiger partial charge in [0.1, 0.15) is 17.2 Å². The maximum atomic E-state index is 8.61. The van der Waals surface area contributed by atoms with Gasteiger partial charge in [-0.05, 0) is 26.3 Å². The summed E-state index contributed by atoms with van der Waals surface area (Å²) < 4.78 is 5.15. The summed E-state index contributed by atoms with van der Waals surface area (Å²) in [6.07, 6.45) is 0. The van der Waals surface area contributed by atoms with Crippen molar-refractivity contribution in [2.45, 2.75) is 26.4 Å². The van der Waals surface area contributed by atoms with Crippen molar-refractivity contribution in [3.8, 4) is 6.07 Å². The van der Waals surface area contributed by atoms with Crippen molar-refractivity contribution in [3.63, 3.8) is 0 Å². The summed E-state index contributed by atoms with van der Waals surface area (Å²) in [6.45, 7) is 5.52. The van der Waals surface area contributed by atoms with Crippen LogP contribution in [-0.2, 0) is 4.74 Å². The first kappa shape index (κ1) is 7.80. The molecule has 1 heterocycles. The second-order valence-electron chi connectivity index (χ2n) is 3.05. The van der Waals surface area contributed by atoms with Gasteiger partial charge in [-0.1, -0.05) is 0 Å². The largest absolute Gasteiger partial charge is 0.467 e. The number of rotatable bonds is 0. The Morgan fingerprint density at radius 3 is 2.27 bits per heavy atom. The van der Waals surface area contributed by atoms with Crippen LogP contribution < -0.4 is 0 Å². The quantitative estimate of drug-likeness (QED) is 0.570. The van der Waals surface area contributed by atoms with Crippen LogP contribution in [0, 0.1) is 16.7 Å². The van der Waals surface area contributed by atoms with Gasteiger partial charge in [-0.25, -0.2) is 0 Å². The number of nitrogens with one attached hydrogen (secondary N) is 1. The lowest BCUT2D eigenvalue weighted by atomic mass is 9.98. The first-order valence-corrected chi connectivity index (χ1v) is 3.38. The van der Waals surface area contributed by atoms with E-state index < -0.39 is 5.60 Å². The molecule has 0 aromatic rings. The fraction of sp³-hybridized carbons (Fsp3) is 0.500. The molecule has 1 aliphatic heterocycles. The van der Waals surface area contributed by atoms with Gasteiger partial charge in [0.2, 0.25) is 5.90 Å². The Kier molecular flexibility index (Phi) is 1.48. The molecule has 1 rings (SSSR count). The topological polar surface area (TPSA) is 56.9 Å². The highest BCUT2D eigenvalue weighted by Crippen LogP contribution is 2.31. The molecule has 0 amide bonds. The third-order valence-electron chi connectivity index (χ3n) is 1.97. The van der Waals surface area contributed by atoms with E-state index in [1.54, 1.807) is 0 Å². The van der Waals surface area contributed by atoms with Crippen LogP contribution in [0.5, 0.6) is 0 Å². The third kappa shape index (κ3) is 1.01. The predicted molar refractivity (Wildman–Crippen MR) is 41.2 cm³/mol. The van der Waals surface area contributed by atoms with Crippen LogP contribution in [0.25, 0.3) is 0 Å². The molecule has 58 valence electrons. The molecule has 1 aliphatic rings. The summed E-state index contributed by atoms with van der Waals surface area (Å²) in [7, 11) is 0. The van der Waals surface area contributed by atoms with E-state index in [2.05, 4.69) is 0 Å². The van der Waals surface area contributed by atoms with E-state index in [1.807, 2.05) is 26.8 Å². The summed E-state index contributed by atoms with van der Waals surface area (Å²) in [5, 5.41) is 15.9. The van der Waals surface area contributed by atoms with Crippen molar-refractivity contribution < 1.29 is 4.74 Å². The van der Waals surface area contributed by atoms with Crippen LogP contribution >= 0.6 is 0 Å². The molecule has 0 saturated carbocycles. The monoisotopic (exact) mass is 150 g/mol. The van der Waals surface area contributed by atoms with Crippen molar-refractivity contribution in [2.24, 2.45) is 0 Å². The molecule has 3 nitrogen and oxygen atoms in total. The fourth-order valence-corrected chi connectivity index (χ4v) is 0.989. The summed E-state index contributed by atoms with van der Waals surface area (Å²) in [6, 6.07) is 1.95. The van der Waals surface area contributed by atoms with Gasteiger partial charge >= 0.3 is 0 Å². The van der Waals surface area contributed by atoms with E-state index in [9.17, 15) is 0 Å². The molecule has 11 heavy (non-hydrogen) atoms. The predicted octanol–water partition coefficient (Wildman–Crippen LogP) is 1.61. The van der Waals surface area contributed by atoms with E-state index in [0.717, 1.165) is 5.57 Å². The number of hydrogen-bond acceptors (Lipinski definition) is 3. The highest BCUT2D eigenvalue weighted by Gasteiger charge is 2.35. The zero-order chi connectivity index (χ0) is 8.65. The lowest BCUT2D eigenvalue weighted by molar-refractivity contribution is 0.149. The Labute approximate surface area is 65.8 Å². The molecule has 0 unspecified atom stereocenters. The molecule has 0 aliphatic carbocycles. The van der Waals surface area contributed by atoms with E-state index in [0.29, 0.717) is 5.57 Å². The van der Waals surface area contributed by atoms with E-state index in [-0.39, 0.29) is 5.90 Å². The maximum Gasteiger partial charge on any atom is 0.225 e. The first-order valence-electron chi connectivity index (χ1n) is 3.38. The van der Waals surface area contributed by atoms with Crippen molar-refractivity contribution in [3.05, 3.63) is 11.1 Å². The molecule has 1 N–H and O–H groups in total. The van der Waals surface area contributed by atoms with Gasteiger partial charge in [0.15, 0.2) is 0 Å². The third-order valence-corrected chi connectivity index (χ3v) is 1.97. The summed E-state index contributed by atoms with van der Waals surface area (Å²) >= 11 is 0. The minimum absolute atomic E-state index is 0.00463. The lowest BCUT2D eigenvalue weighted by Gasteiger charge is -2.18. The Morgan fingerprint density at radius 1 is 1.55 bits per heavy atom. The molecule has 0 saturated heterocycles. The summed E-state index contributed by atoms with van der Waals surface area (Å²) in [5.74, 6) is -0.00463. The number of hydrogen-bond donors (Lipinski definition) is 1. The van der Waals surface area contributed by atoms with Gasteiger partial charge in [-0.3, -0.25) is 5.41 Å². The maximum absolute atomic E-state index is 8.61. The molecule has 0 bridgehead atoms. The van der Waals surface area contributed by atoms with Crippen LogP contribution in [0.2, 0.25) is 0 Å². The molecular formula is C8H10N2O. The number of nitriles is 1. The second-order valence-corrected chi connectivity index (χ2v) is 3.05. The summed E-state index contributed by atoms with van der Waals surface area (Å²) in [4.78, 5) is 0. The van der Waals surface area contributed by atoms with Gasteiger partial charge in [0.05, 0.1) is 0 Å². The number of nitrogens with zero attached hydrogens (tertiary/aromatic N) is 1. The van der Waals surface area contributed by atoms with Crippen molar-refractivity contribution in [2.75, 3.05) is 0 Å². The van der Waals surface area contributed by atoms with Gasteiger partial charge in [-0.2, -0.15) is 5.26 Å².